The van der Waals surface area contributed by atoms with Crippen LogP contribution in [-0.2, 0) is 0 Å². The predicted octanol–water partition coefficient (Wildman–Crippen LogP) is 2.87. The topological polar surface area (TPSA) is 87.6 Å². The van der Waals surface area contributed by atoms with Crippen LogP contribution in [0.4, 0.5) is 14.5 Å². The van der Waals surface area contributed by atoms with E-state index in [1.807, 2.05) is 0 Å². The number of halogens is 2. The Morgan fingerprint density at radius 3 is 2.85 bits per heavy atom. The highest BCUT2D eigenvalue weighted by molar-refractivity contribution is 6.03. The maximum Gasteiger partial charge on any atom is 0.295 e. The Morgan fingerprint density at radius 2 is 2.08 bits per heavy atom. The first kappa shape index (κ1) is 16.6. The van der Waals surface area contributed by atoms with Crippen LogP contribution in [0.15, 0.2) is 30.5 Å². The lowest BCUT2D eigenvalue weighted by Crippen LogP contribution is -2.31. The van der Waals surface area contributed by atoms with E-state index >= 15 is 0 Å². The molecule has 136 valence electrons. The van der Waals surface area contributed by atoms with E-state index in [9.17, 15) is 13.6 Å². The number of carbonyl (C=O) groups is 1. The number of piperidine rings is 1. The second kappa shape index (κ2) is 6.83. The van der Waals surface area contributed by atoms with Crippen molar-refractivity contribution >= 4 is 22.6 Å². The Hall–Kier alpha value is -2.81. The van der Waals surface area contributed by atoms with Crippen molar-refractivity contribution in [3.05, 3.63) is 42.0 Å². The fraction of sp³-hybridized carbons (Fsp3) is 0.353. The molecule has 0 spiro atoms. The molecule has 26 heavy (non-hydrogen) atoms. The van der Waals surface area contributed by atoms with Gasteiger partial charge in [0, 0.05) is 11.9 Å². The zero-order chi connectivity index (χ0) is 18.1. The molecule has 0 aliphatic carbocycles. The van der Waals surface area contributed by atoms with Gasteiger partial charge in [-0.3, -0.25) is 9.48 Å². The van der Waals surface area contributed by atoms with Crippen molar-refractivity contribution in [3.63, 3.8) is 0 Å². The first-order valence-corrected chi connectivity index (χ1v) is 8.45. The van der Waals surface area contributed by atoms with Crippen LogP contribution in [-0.4, -0.2) is 38.7 Å². The molecular weight excluding hydrogens is 342 g/mol. The molecule has 1 saturated heterocycles. The molecule has 1 aliphatic heterocycles. The molecular formula is C17H18F2N6O. The molecule has 4 rings (SSSR count). The number of nitrogens with zero attached hydrogens (tertiary/aromatic N) is 3. The van der Waals surface area contributed by atoms with Crippen molar-refractivity contribution in [2.75, 3.05) is 18.4 Å². The van der Waals surface area contributed by atoms with Crippen LogP contribution in [0.25, 0.3) is 11.0 Å². The van der Waals surface area contributed by atoms with E-state index in [0.717, 1.165) is 25.9 Å². The lowest BCUT2D eigenvalue weighted by Gasteiger charge is -2.24. The standard InChI is InChI=1S/C17H18F2N6O/c18-15(19)16-23-12-2-1-10(9-13(12)24-16)22-17(26)14-5-8-21-25(14)11-3-6-20-7-4-11/h1-2,5,8-9,11,15,20H,3-4,6-7H2,(H,22,26)(H,23,24). The smallest absolute Gasteiger partial charge is 0.295 e. The lowest BCUT2D eigenvalue weighted by molar-refractivity contribution is 0.101. The number of nitrogens with one attached hydrogen (secondary N) is 3. The number of aromatic amines is 1. The summed E-state index contributed by atoms with van der Waals surface area (Å²) in [4.78, 5) is 19.0. The molecule has 1 aromatic carbocycles. The highest BCUT2D eigenvalue weighted by atomic mass is 19.3. The number of hydrogen-bond donors (Lipinski definition) is 3. The van der Waals surface area contributed by atoms with E-state index in [1.54, 1.807) is 35.1 Å². The molecule has 9 heteroatoms. The molecule has 2 aromatic heterocycles. The number of amides is 1. The molecule has 1 aliphatic rings. The van der Waals surface area contributed by atoms with Gasteiger partial charge < -0.3 is 15.6 Å². The van der Waals surface area contributed by atoms with Gasteiger partial charge in [0.05, 0.1) is 17.1 Å². The van der Waals surface area contributed by atoms with Gasteiger partial charge in [-0.1, -0.05) is 0 Å². The summed E-state index contributed by atoms with van der Waals surface area (Å²) in [7, 11) is 0. The van der Waals surface area contributed by atoms with E-state index < -0.39 is 6.43 Å². The molecule has 0 saturated carbocycles. The van der Waals surface area contributed by atoms with Gasteiger partial charge in [0.15, 0.2) is 5.82 Å². The van der Waals surface area contributed by atoms with Gasteiger partial charge in [-0.05, 0) is 50.2 Å². The molecule has 0 unspecified atom stereocenters. The summed E-state index contributed by atoms with van der Waals surface area (Å²) in [6.45, 7) is 1.79. The molecule has 0 radical (unpaired) electrons. The Morgan fingerprint density at radius 1 is 1.27 bits per heavy atom. The predicted molar refractivity (Wildman–Crippen MR) is 92.4 cm³/mol. The zero-order valence-electron chi connectivity index (χ0n) is 13.9. The Kier molecular flexibility index (Phi) is 4.37. The largest absolute Gasteiger partial charge is 0.337 e. The van der Waals surface area contributed by atoms with Crippen molar-refractivity contribution < 1.29 is 13.6 Å². The fourth-order valence-corrected chi connectivity index (χ4v) is 3.24. The summed E-state index contributed by atoms with van der Waals surface area (Å²) in [5.74, 6) is -0.665. The SMILES string of the molecule is O=C(Nc1ccc2nc(C(F)F)[nH]c2c1)c1ccnn1C1CCNCC1. The number of alkyl halides is 2. The number of H-pyrrole nitrogens is 1. The number of aromatic nitrogens is 4. The minimum absolute atomic E-state index is 0.190. The van der Waals surface area contributed by atoms with E-state index in [2.05, 4.69) is 25.7 Å². The van der Waals surface area contributed by atoms with Crippen LogP contribution >= 0.6 is 0 Å². The van der Waals surface area contributed by atoms with Gasteiger partial charge in [-0.25, -0.2) is 13.8 Å². The third-order valence-corrected chi connectivity index (χ3v) is 4.52. The van der Waals surface area contributed by atoms with E-state index in [1.165, 1.54) is 0 Å². The quantitative estimate of drug-likeness (QED) is 0.668. The Balaban J connectivity index is 1.55. The summed E-state index contributed by atoms with van der Waals surface area (Å²) in [5, 5.41) is 10.4. The third-order valence-electron chi connectivity index (χ3n) is 4.52. The molecule has 7 nitrogen and oxygen atoms in total. The maximum atomic E-state index is 12.7. The average Bonchev–Trinajstić information content (AvgIpc) is 3.29. The first-order valence-electron chi connectivity index (χ1n) is 8.45. The Labute approximate surface area is 147 Å². The average molecular weight is 360 g/mol. The van der Waals surface area contributed by atoms with Crippen LogP contribution in [0, 0.1) is 0 Å². The second-order valence-electron chi connectivity index (χ2n) is 6.25. The maximum absolute atomic E-state index is 12.7. The summed E-state index contributed by atoms with van der Waals surface area (Å²) >= 11 is 0. The van der Waals surface area contributed by atoms with Crippen LogP contribution in [0.1, 0.15) is 41.6 Å². The highest BCUT2D eigenvalue weighted by Gasteiger charge is 2.21. The van der Waals surface area contributed by atoms with Crippen molar-refractivity contribution in [1.82, 2.24) is 25.1 Å². The van der Waals surface area contributed by atoms with Crippen molar-refractivity contribution in [3.8, 4) is 0 Å². The van der Waals surface area contributed by atoms with Gasteiger partial charge >= 0.3 is 0 Å². The molecule has 1 amide bonds. The number of benzene rings is 1. The zero-order valence-corrected chi connectivity index (χ0v) is 13.9. The van der Waals surface area contributed by atoms with Crippen molar-refractivity contribution in [2.24, 2.45) is 0 Å². The van der Waals surface area contributed by atoms with E-state index in [4.69, 9.17) is 0 Å². The molecule has 3 N–H and O–H groups in total. The summed E-state index contributed by atoms with van der Waals surface area (Å²) in [6.07, 6.45) is 0.778. The lowest BCUT2D eigenvalue weighted by atomic mass is 10.1. The summed E-state index contributed by atoms with van der Waals surface area (Å²) < 4.78 is 27.3. The summed E-state index contributed by atoms with van der Waals surface area (Å²) in [5.41, 5.74) is 1.86. The number of hydrogen-bond acceptors (Lipinski definition) is 4. The normalized spacial score (nSPS) is 15.7. The number of carbonyl (C=O) groups excluding carboxylic acids is 1. The number of fused-ring (bicyclic) bond motifs is 1. The van der Waals surface area contributed by atoms with Gasteiger partial charge in [0.1, 0.15) is 5.69 Å². The van der Waals surface area contributed by atoms with Gasteiger partial charge in [0.25, 0.3) is 12.3 Å². The second-order valence-corrected chi connectivity index (χ2v) is 6.25. The van der Waals surface area contributed by atoms with Crippen LogP contribution in [0.5, 0.6) is 0 Å². The number of anilines is 1. The minimum Gasteiger partial charge on any atom is -0.337 e. The Bertz CT molecular complexity index is 928. The van der Waals surface area contributed by atoms with Crippen LogP contribution in [0.3, 0.4) is 0 Å². The van der Waals surface area contributed by atoms with Gasteiger partial charge in [-0.2, -0.15) is 5.10 Å². The molecule has 1 fully saturated rings. The van der Waals surface area contributed by atoms with Crippen LogP contribution in [0.2, 0.25) is 0 Å². The monoisotopic (exact) mass is 360 g/mol. The van der Waals surface area contributed by atoms with E-state index in [0.29, 0.717) is 22.4 Å². The molecule has 0 atom stereocenters. The minimum atomic E-state index is -2.67. The number of rotatable bonds is 4. The van der Waals surface area contributed by atoms with Gasteiger partial charge in [-0.15, -0.1) is 0 Å². The number of imidazole rings is 1. The molecule has 0 bridgehead atoms. The first-order chi connectivity index (χ1) is 12.6. The van der Waals surface area contributed by atoms with Crippen LogP contribution < -0.4 is 10.6 Å². The highest BCUT2D eigenvalue weighted by Crippen LogP contribution is 2.24. The summed E-state index contributed by atoms with van der Waals surface area (Å²) in [6, 6.07) is 6.70. The van der Waals surface area contributed by atoms with E-state index in [-0.39, 0.29) is 17.8 Å². The molecule has 3 heterocycles. The molecule has 3 aromatic rings. The van der Waals surface area contributed by atoms with Crippen molar-refractivity contribution in [2.45, 2.75) is 25.3 Å². The fourth-order valence-electron chi connectivity index (χ4n) is 3.24. The van der Waals surface area contributed by atoms with Crippen molar-refractivity contribution in [1.29, 1.82) is 0 Å². The third kappa shape index (κ3) is 3.17. The van der Waals surface area contributed by atoms with Gasteiger partial charge in [0.2, 0.25) is 0 Å².